The van der Waals surface area contributed by atoms with Gasteiger partial charge in [-0.1, -0.05) is 35.4 Å². The maximum absolute atomic E-state index is 10.4. The number of hydrogen-bond donors (Lipinski definition) is 1. The molecular weight excluding hydrogens is 366 g/mol. The van der Waals surface area contributed by atoms with Crippen molar-refractivity contribution in [3.63, 3.8) is 0 Å². The molecule has 2 aliphatic rings. The molecule has 1 saturated carbocycles. The first kappa shape index (κ1) is 11.0. The molecule has 1 aliphatic heterocycles. The maximum Gasteiger partial charge on any atom is 0.191 e. The molecule has 4 rings (SSSR count). The second kappa shape index (κ2) is 6.31. The van der Waals surface area contributed by atoms with E-state index in [1.165, 1.54) is 4.68 Å². The van der Waals surface area contributed by atoms with Crippen molar-refractivity contribution in [2.75, 3.05) is 5.70 Å². The van der Waals surface area contributed by atoms with Gasteiger partial charge in [0.05, 0.1) is 12.1 Å². The minimum Gasteiger partial charge on any atom is -0.390 e. The Kier molecular flexibility index (Phi) is 2.77. The lowest BCUT2D eigenvalue weighted by atomic mass is 10.2. The molecule has 25 heavy (non-hydrogen) atoms. The van der Waals surface area contributed by atoms with Crippen LogP contribution in [0.15, 0.2) is 5.16 Å². The normalized spacial score (nSPS) is 36.7. The fourth-order valence-corrected chi connectivity index (χ4v) is 3.95. The van der Waals surface area contributed by atoms with Crippen LogP contribution in [0.4, 0.5) is 0 Å². The van der Waals surface area contributed by atoms with E-state index < -0.39 is 49.1 Å². The van der Waals surface area contributed by atoms with Crippen molar-refractivity contribution in [3.8, 4) is 0 Å². The Morgan fingerprint density at radius 1 is 1.44 bits per heavy atom. The van der Waals surface area contributed by atoms with Gasteiger partial charge in [-0.3, -0.25) is 0 Å². The molecule has 136 valence electrons. The van der Waals surface area contributed by atoms with Gasteiger partial charge in [0, 0.05) is 21.7 Å². The van der Waals surface area contributed by atoms with Crippen molar-refractivity contribution in [1.29, 1.82) is 0 Å². The van der Waals surface area contributed by atoms with Gasteiger partial charge in [-0.2, -0.15) is 0 Å². The molecule has 0 spiro atoms. The number of aromatic nitrogens is 5. The number of aliphatic hydroxyl groups excluding tert-OH is 1. The van der Waals surface area contributed by atoms with Crippen LogP contribution in [0.5, 0.6) is 0 Å². The summed E-state index contributed by atoms with van der Waals surface area (Å²) in [5, 5.41) is 18.0. The number of hydrogen-bond acceptors (Lipinski definition) is 8. The van der Waals surface area contributed by atoms with Gasteiger partial charge in [0.25, 0.3) is 0 Å². The third kappa shape index (κ3) is 3.02. The van der Waals surface area contributed by atoms with Crippen LogP contribution in [0.1, 0.15) is 49.1 Å². The Morgan fingerprint density at radius 2 is 2.24 bits per heavy atom. The Hall–Kier alpha value is -1.00. The van der Waals surface area contributed by atoms with E-state index in [9.17, 15) is 5.11 Å². The average molecular weight is 393 g/mol. The highest BCUT2D eigenvalue weighted by Crippen LogP contribution is 2.44. The number of fused-ring (bicyclic) bond motifs is 2. The van der Waals surface area contributed by atoms with E-state index in [2.05, 4.69) is 20.3 Å². The van der Waals surface area contributed by atoms with E-state index >= 15 is 0 Å². The number of halogens is 1. The van der Waals surface area contributed by atoms with Crippen molar-refractivity contribution in [2.45, 2.75) is 68.8 Å². The van der Waals surface area contributed by atoms with Crippen LogP contribution in [0, 0.1) is 0 Å². The molecule has 0 bridgehead atoms. The van der Waals surface area contributed by atoms with Gasteiger partial charge in [0.15, 0.2) is 27.3 Å². The molecule has 1 aliphatic carbocycles. The summed E-state index contributed by atoms with van der Waals surface area (Å²) in [5.41, 5.74) is -2.68. The summed E-state index contributed by atoms with van der Waals surface area (Å²) < 4.78 is 66.7. The molecule has 0 amide bonds. The molecule has 1 saturated heterocycles. The van der Waals surface area contributed by atoms with Crippen LogP contribution in [-0.2, 0) is 9.47 Å². The lowest BCUT2D eigenvalue weighted by molar-refractivity contribution is -0.165. The first-order valence-corrected chi connectivity index (χ1v) is 8.75. The molecule has 10 heteroatoms. The van der Waals surface area contributed by atoms with Crippen molar-refractivity contribution >= 4 is 34.5 Å². The van der Waals surface area contributed by atoms with E-state index in [-0.39, 0.29) is 39.7 Å². The van der Waals surface area contributed by atoms with Crippen molar-refractivity contribution in [1.82, 2.24) is 25.0 Å². The van der Waals surface area contributed by atoms with Crippen molar-refractivity contribution in [3.05, 3.63) is 5.15 Å². The quantitative estimate of drug-likeness (QED) is 0.480. The number of thioether (sulfide) groups is 1. The third-order valence-corrected chi connectivity index (χ3v) is 5.01. The number of aliphatic hydroxyl groups is 1. The highest BCUT2D eigenvalue weighted by molar-refractivity contribution is 7.99. The molecule has 1 N–H and O–H groups in total. The van der Waals surface area contributed by atoms with Gasteiger partial charge in [-0.25, -0.2) is 14.6 Å². The molecule has 8 nitrogen and oxygen atoms in total. The van der Waals surface area contributed by atoms with Crippen LogP contribution in [0.3, 0.4) is 0 Å². The summed E-state index contributed by atoms with van der Waals surface area (Å²) >= 11 is 6.39. The molecule has 4 atom stereocenters. The molecular formula is C15H20ClN5O3S. The van der Waals surface area contributed by atoms with E-state index in [1.807, 2.05) is 0 Å². The minimum atomic E-state index is -3.22. The number of ether oxygens (including phenoxy) is 2. The fraction of sp³-hybridized carbons (Fsp3) is 0.733. The molecule has 2 aromatic heterocycles. The SMILES string of the molecule is [2H]C([2H])([2H])C([2H])([2H])C([2H])([2H])Sc1nc(Cl)c2nnn([C@@H]3C[C@H](O)[C@H]4OC(C)(C)O[C@H]43)c2n1. The van der Waals surface area contributed by atoms with Gasteiger partial charge in [0.2, 0.25) is 0 Å². The molecule has 0 radical (unpaired) electrons. The number of nitrogens with zero attached hydrogens (tertiary/aromatic N) is 5. The Morgan fingerprint density at radius 3 is 3.04 bits per heavy atom. The van der Waals surface area contributed by atoms with Crippen LogP contribution in [0.25, 0.3) is 11.2 Å². The Bertz CT molecular complexity index is 1050. The van der Waals surface area contributed by atoms with Gasteiger partial charge < -0.3 is 14.6 Å². The predicted octanol–water partition coefficient (Wildman–Crippen LogP) is 2.20. The van der Waals surface area contributed by atoms with E-state index in [0.29, 0.717) is 0 Å². The highest BCUT2D eigenvalue weighted by atomic mass is 35.5. The monoisotopic (exact) mass is 392 g/mol. The Balaban J connectivity index is 1.71. The Labute approximate surface area is 164 Å². The zero-order valence-corrected chi connectivity index (χ0v) is 14.9. The van der Waals surface area contributed by atoms with Gasteiger partial charge in [-0.15, -0.1) is 5.10 Å². The van der Waals surface area contributed by atoms with E-state index in [4.69, 9.17) is 30.7 Å². The van der Waals surface area contributed by atoms with Crippen LogP contribution in [-0.4, -0.2) is 59.9 Å². The fourth-order valence-electron chi connectivity index (χ4n) is 3.29. The predicted molar refractivity (Wildman–Crippen MR) is 92.6 cm³/mol. The second-order valence-electron chi connectivity index (χ2n) is 6.27. The van der Waals surface area contributed by atoms with Gasteiger partial charge in [0.1, 0.15) is 12.2 Å². The van der Waals surface area contributed by atoms with E-state index in [1.54, 1.807) is 13.8 Å². The standard InChI is InChI=1S/C15H20ClN5O3S/c1-4-5-25-14-17-12(16)9-13(18-14)21(20-19-9)7-6-8(22)11-10(7)23-15(2,3)24-11/h7-8,10-11,22H,4-6H2,1-3H3/t7-,8+,10+,11-/m1/s1/i1D3,4D2,5D2. The molecule has 2 fully saturated rings. The summed E-state index contributed by atoms with van der Waals surface area (Å²) in [5.74, 6) is -0.907. The summed E-state index contributed by atoms with van der Waals surface area (Å²) in [6.07, 6.45) is -4.92. The average Bonchev–Trinajstić information content (AvgIpc) is 3.26. The lowest BCUT2D eigenvalue weighted by Crippen LogP contribution is -2.29. The molecule has 0 unspecified atom stereocenters. The maximum atomic E-state index is 10.4. The van der Waals surface area contributed by atoms with Crippen molar-refractivity contribution < 1.29 is 24.2 Å². The first-order valence-electron chi connectivity index (χ1n) is 11.1. The van der Waals surface area contributed by atoms with Gasteiger partial charge >= 0.3 is 0 Å². The summed E-state index contributed by atoms with van der Waals surface area (Å²) in [4.78, 5) is 8.17. The zero-order chi connectivity index (χ0) is 23.9. The summed E-state index contributed by atoms with van der Waals surface area (Å²) in [6, 6.07) is -0.517. The zero-order valence-electron chi connectivity index (χ0n) is 20.3. The van der Waals surface area contributed by atoms with Crippen LogP contribution < -0.4 is 0 Å². The minimum absolute atomic E-state index is 0.115. The molecule has 3 heterocycles. The second-order valence-corrected chi connectivity index (χ2v) is 7.40. The summed E-state index contributed by atoms with van der Waals surface area (Å²) in [7, 11) is 0. The molecule has 0 aromatic carbocycles. The highest BCUT2D eigenvalue weighted by Gasteiger charge is 2.55. The van der Waals surface area contributed by atoms with E-state index in [0.717, 1.165) is 0 Å². The summed E-state index contributed by atoms with van der Waals surface area (Å²) in [6.45, 7) is 0.231. The smallest absolute Gasteiger partial charge is 0.191 e. The lowest BCUT2D eigenvalue weighted by Gasteiger charge is -2.22. The van der Waals surface area contributed by atoms with Gasteiger partial charge in [-0.05, 0) is 20.2 Å². The third-order valence-electron chi connectivity index (χ3n) is 4.17. The number of rotatable bonds is 4. The largest absolute Gasteiger partial charge is 0.390 e. The molecule has 2 aromatic rings. The topological polar surface area (TPSA) is 95.2 Å². The van der Waals surface area contributed by atoms with Crippen LogP contribution in [0.2, 0.25) is 5.15 Å². The van der Waals surface area contributed by atoms with Crippen molar-refractivity contribution in [2.24, 2.45) is 0 Å². The van der Waals surface area contributed by atoms with Crippen LogP contribution >= 0.6 is 23.4 Å². The first-order chi connectivity index (χ1) is 14.5.